The molecule has 1 aliphatic rings. The number of amides is 2. The molecule has 0 spiro atoms. The number of carbonyl (C=O) groups is 2. The van der Waals surface area contributed by atoms with Gasteiger partial charge in [0.05, 0.1) is 5.75 Å². The highest BCUT2D eigenvalue weighted by Crippen LogP contribution is 2.25. The lowest BCUT2D eigenvalue weighted by molar-refractivity contribution is -0.141. The molecule has 25 heavy (non-hydrogen) atoms. The van der Waals surface area contributed by atoms with Gasteiger partial charge in [0.1, 0.15) is 11.9 Å². The molecular weight excluding hydrogens is 347 g/mol. The Balaban J connectivity index is 1.71. The fourth-order valence-corrected chi connectivity index (χ4v) is 3.22. The Morgan fingerprint density at radius 1 is 1.40 bits per heavy atom. The molecular formula is C16H17FN4O3S. The van der Waals surface area contributed by atoms with Crippen LogP contribution in [0.5, 0.6) is 0 Å². The summed E-state index contributed by atoms with van der Waals surface area (Å²) in [5, 5.41) is 10.8. The quantitative estimate of drug-likeness (QED) is 0.810. The third-order valence-corrected chi connectivity index (χ3v) is 4.59. The molecule has 1 aliphatic heterocycles. The Bertz CT molecular complexity index is 765. The smallest absolute Gasteiger partial charge is 0.277 e. The maximum atomic E-state index is 13.1. The van der Waals surface area contributed by atoms with E-state index in [1.807, 2.05) is 6.92 Å². The SMILES string of the molecule is CCc1nnc(SCC(=O)N2CCNC(=O)[C@H]2c2ccc(F)cc2)o1. The van der Waals surface area contributed by atoms with Gasteiger partial charge < -0.3 is 14.6 Å². The molecule has 0 saturated carbocycles. The largest absolute Gasteiger partial charge is 0.416 e. The van der Waals surface area contributed by atoms with E-state index in [0.29, 0.717) is 36.2 Å². The number of aryl methyl sites for hydroxylation is 1. The zero-order valence-corrected chi connectivity index (χ0v) is 14.4. The molecule has 1 N–H and O–H groups in total. The van der Waals surface area contributed by atoms with E-state index in [0.717, 1.165) is 11.8 Å². The van der Waals surface area contributed by atoms with Gasteiger partial charge in [0, 0.05) is 19.5 Å². The van der Waals surface area contributed by atoms with Crippen LogP contribution >= 0.6 is 11.8 Å². The van der Waals surface area contributed by atoms with Crippen LogP contribution in [0, 0.1) is 5.82 Å². The zero-order chi connectivity index (χ0) is 17.8. The summed E-state index contributed by atoms with van der Waals surface area (Å²) in [6.07, 6.45) is 0.625. The first-order chi connectivity index (χ1) is 12.1. The number of hydrogen-bond acceptors (Lipinski definition) is 6. The van der Waals surface area contributed by atoms with Gasteiger partial charge in [0.2, 0.25) is 17.7 Å². The number of hydrogen-bond donors (Lipinski definition) is 1. The number of nitrogens with zero attached hydrogens (tertiary/aromatic N) is 3. The normalized spacial score (nSPS) is 17.4. The monoisotopic (exact) mass is 364 g/mol. The molecule has 2 amide bonds. The van der Waals surface area contributed by atoms with Gasteiger partial charge >= 0.3 is 0 Å². The number of carbonyl (C=O) groups excluding carboxylic acids is 2. The van der Waals surface area contributed by atoms with Gasteiger partial charge in [-0.3, -0.25) is 9.59 Å². The minimum absolute atomic E-state index is 0.0797. The van der Waals surface area contributed by atoms with Crippen LogP contribution in [-0.4, -0.2) is 45.8 Å². The summed E-state index contributed by atoms with van der Waals surface area (Å²) in [4.78, 5) is 26.4. The van der Waals surface area contributed by atoms with Crippen LogP contribution in [0.15, 0.2) is 33.9 Å². The van der Waals surface area contributed by atoms with E-state index in [-0.39, 0.29) is 17.6 Å². The van der Waals surface area contributed by atoms with Gasteiger partial charge in [-0.1, -0.05) is 30.8 Å². The van der Waals surface area contributed by atoms with Crippen molar-refractivity contribution in [1.29, 1.82) is 0 Å². The molecule has 2 heterocycles. The summed E-state index contributed by atoms with van der Waals surface area (Å²) in [6.45, 7) is 2.66. The molecule has 1 saturated heterocycles. The first-order valence-electron chi connectivity index (χ1n) is 7.86. The van der Waals surface area contributed by atoms with Gasteiger partial charge in [0.25, 0.3) is 5.22 Å². The lowest BCUT2D eigenvalue weighted by Crippen LogP contribution is -2.52. The molecule has 1 aromatic carbocycles. The fraction of sp³-hybridized carbons (Fsp3) is 0.375. The Morgan fingerprint density at radius 3 is 2.84 bits per heavy atom. The van der Waals surface area contributed by atoms with Crippen LogP contribution in [0.3, 0.4) is 0 Å². The second kappa shape index (κ2) is 7.64. The van der Waals surface area contributed by atoms with Crippen molar-refractivity contribution in [2.45, 2.75) is 24.6 Å². The Morgan fingerprint density at radius 2 is 2.16 bits per heavy atom. The van der Waals surface area contributed by atoms with Crippen molar-refractivity contribution in [2.24, 2.45) is 0 Å². The van der Waals surface area contributed by atoms with Crippen LogP contribution in [0.25, 0.3) is 0 Å². The van der Waals surface area contributed by atoms with E-state index in [4.69, 9.17) is 4.42 Å². The van der Waals surface area contributed by atoms with Gasteiger partial charge in [-0.05, 0) is 17.7 Å². The molecule has 0 bridgehead atoms. The Labute approximate surface area is 148 Å². The van der Waals surface area contributed by atoms with Gasteiger partial charge in [-0.15, -0.1) is 10.2 Å². The fourth-order valence-electron chi connectivity index (χ4n) is 2.56. The topological polar surface area (TPSA) is 88.3 Å². The van der Waals surface area contributed by atoms with Crippen molar-refractivity contribution < 1.29 is 18.4 Å². The second-order valence-corrected chi connectivity index (χ2v) is 6.36. The van der Waals surface area contributed by atoms with Crippen molar-refractivity contribution in [3.63, 3.8) is 0 Å². The summed E-state index contributed by atoms with van der Waals surface area (Å²) in [6, 6.07) is 4.82. The Kier molecular flexibility index (Phi) is 5.32. The number of aromatic nitrogens is 2. The first kappa shape index (κ1) is 17.4. The molecule has 1 aromatic heterocycles. The number of thioether (sulfide) groups is 1. The number of piperazine rings is 1. The molecule has 7 nitrogen and oxygen atoms in total. The van der Waals surface area contributed by atoms with Crippen molar-refractivity contribution in [1.82, 2.24) is 20.4 Å². The van der Waals surface area contributed by atoms with E-state index in [9.17, 15) is 14.0 Å². The molecule has 1 atom stereocenters. The van der Waals surface area contributed by atoms with E-state index >= 15 is 0 Å². The maximum absolute atomic E-state index is 13.1. The third kappa shape index (κ3) is 3.98. The van der Waals surface area contributed by atoms with E-state index in [2.05, 4.69) is 15.5 Å². The van der Waals surface area contributed by atoms with Crippen molar-refractivity contribution in [3.8, 4) is 0 Å². The van der Waals surface area contributed by atoms with Crippen molar-refractivity contribution >= 4 is 23.6 Å². The van der Waals surface area contributed by atoms with Crippen LogP contribution in [0.2, 0.25) is 0 Å². The van der Waals surface area contributed by atoms with Gasteiger partial charge in [0.15, 0.2) is 0 Å². The highest BCUT2D eigenvalue weighted by atomic mass is 32.2. The molecule has 0 radical (unpaired) electrons. The molecule has 1 fully saturated rings. The van der Waals surface area contributed by atoms with E-state index in [1.54, 1.807) is 0 Å². The minimum atomic E-state index is -0.767. The minimum Gasteiger partial charge on any atom is -0.416 e. The average Bonchev–Trinajstić information content (AvgIpc) is 3.08. The van der Waals surface area contributed by atoms with Gasteiger partial charge in [-0.2, -0.15) is 0 Å². The first-order valence-corrected chi connectivity index (χ1v) is 8.85. The van der Waals surface area contributed by atoms with Crippen LogP contribution in [0.4, 0.5) is 4.39 Å². The lowest BCUT2D eigenvalue weighted by Gasteiger charge is -2.35. The summed E-state index contributed by atoms with van der Waals surface area (Å²) >= 11 is 1.14. The molecule has 0 unspecified atom stereocenters. The Hall–Kier alpha value is -2.42. The third-order valence-electron chi connectivity index (χ3n) is 3.79. The molecule has 132 valence electrons. The predicted molar refractivity (Wildman–Crippen MR) is 88.3 cm³/mol. The number of benzene rings is 1. The maximum Gasteiger partial charge on any atom is 0.277 e. The lowest BCUT2D eigenvalue weighted by atomic mass is 10.0. The predicted octanol–water partition coefficient (Wildman–Crippen LogP) is 1.56. The average molecular weight is 364 g/mol. The zero-order valence-electron chi connectivity index (χ0n) is 13.6. The van der Waals surface area contributed by atoms with Crippen molar-refractivity contribution in [3.05, 3.63) is 41.5 Å². The van der Waals surface area contributed by atoms with Crippen LogP contribution in [0.1, 0.15) is 24.4 Å². The second-order valence-electron chi connectivity index (χ2n) is 5.44. The van der Waals surface area contributed by atoms with E-state index in [1.165, 1.54) is 29.2 Å². The highest BCUT2D eigenvalue weighted by molar-refractivity contribution is 7.99. The number of rotatable bonds is 5. The standard InChI is InChI=1S/C16H17FN4O3S/c1-2-12-19-20-16(24-12)25-9-13(22)21-8-7-18-15(23)14(21)10-3-5-11(17)6-4-10/h3-6,14H,2,7-9H2,1H3,(H,18,23)/t14-/m1/s1. The van der Waals surface area contributed by atoms with Crippen molar-refractivity contribution in [2.75, 3.05) is 18.8 Å². The number of halogens is 1. The summed E-state index contributed by atoms with van der Waals surface area (Å²) in [7, 11) is 0. The molecule has 9 heteroatoms. The molecule has 0 aliphatic carbocycles. The van der Waals surface area contributed by atoms with E-state index < -0.39 is 11.9 Å². The summed E-state index contributed by atoms with van der Waals surface area (Å²) < 4.78 is 18.5. The molecule has 2 aromatic rings. The summed E-state index contributed by atoms with van der Waals surface area (Å²) in [5.74, 6) is -0.295. The number of nitrogens with one attached hydrogen (secondary N) is 1. The summed E-state index contributed by atoms with van der Waals surface area (Å²) in [5.41, 5.74) is 0.572. The highest BCUT2D eigenvalue weighted by Gasteiger charge is 2.34. The van der Waals surface area contributed by atoms with Crippen LogP contribution in [-0.2, 0) is 16.0 Å². The van der Waals surface area contributed by atoms with Crippen LogP contribution < -0.4 is 5.32 Å². The molecule has 3 rings (SSSR count). The van der Waals surface area contributed by atoms with Gasteiger partial charge in [-0.25, -0.2) is 4.39 Å².